The molecule has 6 heteroatoms. The quantitative estimate of drug-likeness (QED) is 0.558. The first-order valence-electron chi connectivity index (χ1n) is 8.82. The number of nitrogens with one attached hydrogen (secondary N) is 1. The van der Waals surface area contributed by atoms with Crippen LogP contribution in [0.15, 0.2) is 82.2 Å². The van der Waals surface area contributed by atoms with Crippen molar-refractivity contribution in [2.75, 3.05) is 0 Å². The molecule has 0 atom stereocenters. The number of pyridine rings is 1. The number of aromatic amines is 1. The van der Waals surface area contributed by atoms with Gasteiger partial charge < -0.3 is 19.4 Å². The number of hydrogen-bond acceptors (Lipinski definition) is 4. The summed E-state index contributed by atoms with van der Waals surface area (Å²) in [6, 6.07) is 18.9. The predicted molar refractivity (Wildman–Crippen MR) is 105 cm³/mol. The van der Waals surface area contributed by atoms with Crippen molar-refractivity contribution < 1.29 is 14.3 Å². The van der Waals surface area contributed by atoms with Gasteiger partial charge in [0, 0.05) is 22.5 Å². The minimum absolute atomic E-state index is 0.107. The summed E-state index contributed by atoms with van der Waals surface area (Å²) in [5.74, 6) is 0.399. The summed E-state index contributed by atoms with van der Waals surface area (Å²) in [6.45, 7) is 0.384. The van der Waals surface area contributed by atoms with Gasteiger partial charge in [0.2, 0.25) is 5.56 Å². The van der Waals surface area contributed by atoms with E-state index >= 15 is 0 Å². The number of benzene rings is 2. The minimum Gasteiger partial charge on any atom is -0.508 e. The first-order chi connectivity index (χ1) is 13.6. The molecule has 140 valence electrons. The van der Waals surface area contributed by atoms with Crippen molar-refractivity contribution in [2.24, 2.45) is 0 Å². The molecule has 0 fully saturated rings. The molecule has 0 spiro atoms. The van der Waals surface area contributed by atoms with E-state index in [0.29, 0.717) is 27.8 Å². The summed E-state index contributed by atoms with van der Waals surface area (Å²) in [6.07, 6.45) is 1.54. The number of phenols is 1. The third-order valence-corrected chi connectivity index (χ3v) is 4.55. The number of hydrogen-bond donors (Lipinski definition) is 2. The number of phenolic OH excluding ortho intramolecular Hbond substituents is 1. The van der Waals surface area contributed by atoms with Gasteiger partial charge in [-0.2, -0.15) is 0 Å². The number of carbonyl (C=O) groups excluding carboxylic acids is 1. The van der Waals surface area contributed by atoms with Crippen molar-refractivity contribution >= 4 is 16.8 Å². The van der Waals surface area contributed by atoms with Gasteiger partial charge in [-0.15, -0.1) is 0 Å². The van der Waals surface area contributed by atoms with E-state index in [1.807, 2.05) is 6.07 Å². The highest BCUT2D eigenvalue weighted by molar-refractivity contribution is 6.05. The number of nitrogens with zero attached hydrogens (tertiary/aromatic N) is 1. The number of para-hydroxylation sites is 2. The maximum absolute atomic E-state index is 13.4. The standard InChI is InChI=1S/C22H18N2O4/c25-20-10-4-1-6-15(20)13-24(14-16-7-5-11-28-16)22(27)18-12-21(26)23-19-9-3-2-8-17(18)19/h1-12,25H,13-14H2,(H,23,26). The van der Waals surface area contributed by atoms with Crippen LogP contribution in [0.1, 0.15) is 21.7 Å². The maximum atomic E-state index is 13.4. The first-order valence-corrected chi connectivity index (χ1v) is 8.82. The van der Waals surface area contributed by atoms with Crippen LogP contribution in [0.4, 0.5) is 0 Å². The number of rotatable bonds is 5. The van der Waals surface area contributed by atoms with Crippen molar-refractivity contribution in [3.05, 3.63) is 100 Å². The number of furan rings is 1. The van der Waals surface area contributed by atoms with E-state index in [9.17, 15) is 14.7 Å². The fourth-order valence-electron chi connectivity index (χ4n) is 3.19. The molecule has 0 aliphatic rings. The Balaban J connectivity index is 1.77. The molecule has 0 bridgehead atoms. The normalized spacial score (nSPS) is 10.9. The van der Waals surface area contributed by atoms with Crippen LogP contribution in [-0.4, -0.2) is 20.9 Å². The van der Waals surface area contributed by atoms with Crippen LogP contribution in [0.2, 0.25) is 0 Å². The van der Waals surface area contributed by atoms with Gasteiger partial charge in [-0.25, -0.2) is 0 Å². The topological polar surface area (TPSA) is 86.5 Å². The van der Waals surface area contributed by atoms with E-state index in [-0.39, 0.29) is 30.3 Å². The van der Waals surface area contributed by atoms with Crippen LogP contribution in [0.25, 0.3) is 10.9 Å². The molecule has 2 heterocycles. The molecule has 6 nitrogen and oxygen atoms in total. The maximum Gasteiger partial charge on any atom is 0.255 e. The summed E-state index contributed by atoms with van der Waals surface area (Å²) in [5.41, 5.74) is 1.17. The number of carbonyl (C=O) groups is 1. The summed E-state index contributed by atoms with van der Waals surface area (Å²) in [5, 5.41) is 10.8. The Hall–Kier alpha value is -3.80. The second kappa shape index (κ2) is 7.44. The molecule has 2 N–H and O–H groups in total. The Morgan fingerprint density at radius 3 is 2.57 bits per heavy atom. The minimum atomic E-state index is -0.345. The number of aromatic hydroxyl groups is 1. The van der Waals surface area contributed by atoms with Crippen molar-refractivity contribution in [1.82, 2.24) is 9.88 Å². The third kappa shape index (κ3) is 3.53. The molecular formula is C22H18N2O4. The van der Waals surface area contributed by atoms with Crippen LogP contribution in [0.5, 0.6) is 5.75 Å². The summed E-state index contributed by atoms with van der Waals surface area (Å²) >= 11 is 0. The van der Waals surface area contributed by atoms with Gasteiger partial charge in [0.25, 0.3) is 5.91 Å². The summed E-state index contributed by atoms with van der Waals surface area (Å²) < 4.78 is 5.40. The van der Waals surface area contributed by atoms with E-state index in [4.69, 9.17) is 4.42 Å². The number of aromatic nitrogens is 1. The van der Waals surface area contributed by atoms with Crippen molar-refractivity contribution in [3.8, 4) is 5.75 Å². The molecule has 0 unspecified atom stereocenters. The molecule has 1 amide bonds. The van der Waals surface area contributed by atoms with Gasteiger partial charge in [-0.3, -0.25) is 9.59 Å². The average Bonchev–Trinajstić information content (AvgIpc) is 3.21. The lowest BCUT2D eigenvalue weighted by molar-refractivity contribution is 0.0718. The lowest BCUT2D eigenvalue weighted by atomic mass is 10.1. The molecule has 0 aliphatic carbocycles. The Bertz CT molecular complexity index is 1180. The van der Waals surface area contributed by atoms with Crippen LogP contribution < -0.4 is 5.56 Å². The second-order valence-electron chi connectivity index (χ2n) is 6.46. The number of fused-ring (bicyclic) bond motifs is 1. The Morgan fingerprint density at radius 2 is 1.79 bits per heavy atom. The second-order valence-corrected chi connectivity index (χ2v) is 6.46. The highest BCUT2D eigenvalue weighted by Crippen LogP contribution is 2.23. The summed E-state index contributed by atoms with van der Waals surface area (Å²) in [4.78, 5) is 29.8. The zero-order chi connectivity index (χ0) is 19.5. The van der Waals surface area contributed by atoms with Crippen LogP contribution in [-0.2, 0) is 13.1 Å². The molecule has 0 aliphatic heterocycles. The first kappa shape index (κ1) is 17.6. The Kier molecular flexibility index (Phi) is 4.68. The SMILES string of the molecule is O=C(c1cc(=O)[nH]c2ccccc12)N(Cc1ccco1)Cc1ccccc1O. The highest BCUT2D eigenvalue weighted by atomic mass is 16.3. The zero-order valence-electron chi connectivity index (χ0n) is 15.0. The lowest BCUT2D eigenvalue weighted by Gasteiger charge is -2.23. The van der Waals surface area contributed by atoms with Crippen molar-refractivity contribution in [2.45, 2.75) is 13.1 Å². The van der Waals surface area contributed by atoms with Gasteiger partial charge >= 0.3 is 0 Å². The highest BCUT2D eigenvalue weighted by Gasteiger charge is 2.21. The molecule has 0 saturated heterocycles. The monoisotopic (exact) mass is 374 g/mol. The van der Waals surface area contributed by atoms with Crippen LogP contribution in [0.3, 0.4) is 0 Å². The molecule has 2 aromatic carbocycles. The zero-order valence-corrected chi connectivity index (χ0v) is 15.0. The molecule has 4 aromatic rings. The van der Waals surface area contributed by atoms with E-state index in [1.165, 1.54) is 6.07 Å². The van der Waals surface area contributed by atoms with E-state index < -0.39 is 0 Å². The van der Waals surface area contributed by atoms with Crippen LogP contribution in [0, 0.1) is 0 Å². The Labute approximate surface area is 160 Å². The van der Waals surface area contributed by atoms with Crippen molar-refractivity contribution in [3.63, 3.8) is 0 Å². The molecular weight excluding hydrogens is 356 g/mol. The number of amides is 1. The van der Waals surface area contributed by atoms with E-state index in [2.05, 4.69) is 4.98 Å². The van der Waals surface area contributed by atoms with Crippen molar-refractivity contribution in [1.29, 1.82) is 0 Å². The predicted octanol–water partition coefficient (Wildman–Crippen LogP) is 3.67. The lowest BCUT2D eigenvalue weighted by Crippen LogP contribution is -2.31. The molecule has 0 saturated carbocycles. The van der Waals surface area contributed by atoms with Gasteiger partial charge in [0.05, 0.1) is 24.9 Å². The average molecular weight is 374 g/mol. The number of H-pyrrole nitrogens is 1. The van der Waals surface area contributed by atoms with E-state index in [0.717, 1.165) is 0 Å². The van der Waals surface area contributed by atoms with Gasteiger partial charge in [0.1, 0.15) is 11.5 Å². The Morgan fingerprint density at radius 1 is 1.00 bits per heavy atom. The van der Waals surface area contributed by atoms with E-state index in [1.54, 1.807) is 65.8 Å². The largest absolute Gasteiger partial charge is 0.508 e. The fraction of sp³-hybridized carbons (Fsp3) is 0.0909. The fourth-order valence-corrected chi connectivity index (χ4v) is 3.19. The summed E-state index contributed by atoms with van der Waals surface area (Å²) in [7, 11) is 0. The molecule has 2 aromatic heterocycles. The molecule has 0 radical (unpaired) electrons. The third-order valence-electron chi connectivity index (χ3n) is 4.55. The molecule has 28 heavy (non-hydrogen) atoms. The smallest absolute Gasteiger partial charge is 0.255 e. The van der Waals surface area contributed by atoms with Gasteiger partial charge in [-0.1, -0.05) is 36.4 Å². The van der Waals surface area contributed by atoms with Gasteiger partial charge in [0.15, 0.2) is 0 Å². The molecule has 4 rings (SSSR count). The van der Waals surface area contributed by atoms with Crippen LogP contribution >= 0.6 is 0 Å². The van der Waals surface area contributed by atoms with Gasteiger partial charge in [-0.05, 0) is 24.3 Å².